The highest BCUT2D eigenvalue weighted by atomic mass is 35.5. The van der Waals surface area contributed by atoms with E-state index in [1.54, 1.807) is 4.90 Å². The molecule has 0 aromatic heterocycles. The minimum absolute atomic E-state index is 0.00462. The number of aryl methyl sites for hydroxylation is 2. The molecule has 2 aromatic rings. The van der Waals surface area contributed by atoms with Crippen LogP contribution in [0.4, 0.5) is 5.69 Å². The zero-order valence-electron chi connectivity index (χ0n) is 15.1. The summed E-state index contributed by atoms with van der Waals surface area (Å²) in [4.78, 5) is 26.5. The maximum atomic E-state index is 12.4. The lowest BCUT2D eigenvalue weighted by Crippen LogP contribution is -2.34. The van der Waals surface area contributed by atoms with E-state index in [9.17, 15) is 9.59 Å². The van der Waals surface area contributed by atoms with Gasteiger partial charge in [0.2, 0.25) is 11.8 Å². The van der Waals surface area contributed by atoms with Crippen LogP contribution in [0.15, 0.2) is 42.5 Å². The number of carbonyl (C=O) groups is 2. The predicted molar refractivity (Wildman–Crippen MR) is 105 cm³/mol. The Labute approximate surface area is 159 Å². The molecule has 1 heterocycles. The molecule has 2 amide bonds. The van der Waals surface area contributed by atoms with Gasteiger partial charge in [-0.15, -0.1) is 0 Å². The lowest BCUT2D eigenvalue weighted by molar-refractivity contribution is -0.126. The molecule has 0 spiro atoms. The highest BCUT2D eigenvalue weighted by Crippen LogP contribution is 2.27. The first-order valence-electron chi connectivity index (χ1n) is 8.83. The molecule has 2 aromatic carbocycles. The van der Waals surface area contributed by atoms with Gasteiger partial charge in [0.05, 0.1) is 5.92 Å². The first-order valence-corrected chi connectivity index (χ1v) is 9.21. The van der Waals surface area contributed by atoms with E-state index < -0.39 is 0 Å². The predicted octanol–water partition coefficient (Wildman–Crippen LogP) is 3.67. The largest absolute Gasteiger partial charge is 0.355 e. The minimum Gasteiger partial charge on any atom is -0.355 e. The van der Waals surface area contributed by atoms with E-state index in [0.717, 1.165) is 22.4 Å². The van der Waals surface area contributed by atoms with Gasteiger partial charge >= 0.3 is 0 Å². The van der Waals surface area contributed by atoms with Crippen LogP contribution >= 0.6 is 11.6 Å². The van der Waals surface area contributed by atoms with Crippen molar-refractivity contribution in [2.45, 2.75) is 26.7 Å². The summed E-state index contributed by atoms with van der Waals surface area (Å²) >= 11 is 5.97. The van der Waals surface area contributed by atoms with E-state index in [4.69, 9.17) is 11.6 Å². The Morgan fingerprint density at radius 2 is 1.92 bits per heavy atom. The van der Waals surface area contributed by atoms with Crippen molar-refractivity contribution in [3.63, 3.8) is 0 Å². The first-order chi connectivity index (χ1) is 12.4. The van der Waals surface area contributed by atoms with Crippen molar-refractivity contribution < 1.29 is 9.59 Å². The van der Waals surface area contributed by atoms with Gasteiger partial charge in [-0.3, -0.25) is 9.59 Å². The van der Waals surface area contributed by atoms with Gasteiger partial charge in [-0.05, 0) is 61.2 Å². The van der Waals surface area contributed by atoms with Crippen LogP contribution in [0.3, 0.4) is 0 Å². The number of hydrogen-bond donors (Lipinski definition) is 1. The van der Waals surface area contributed by atoms with Gasteiger partial charge in [0.1, 0.15) is 0 Å². The number of amides is 2. The standard InChI is InChI=1S/C21H23ClN2O2/c1-14-8-15(2)10-19(9-14)24-13-17(12-20(24)25)21(26)23-7-6-16-4-3-5-18(22)11-16/h3-5,8-11,17H,6-7,12-13H2,1-2H3,(H,23,26). The third-order valence-electron chi connectivity index (χ3n) is 4.62. The average Bonchev–Trinajstić information content (AvgIpc) is 2.96. The van der Waals surface area contributed by atoms with Crippen LogP contribution in [-0.4, -0.2) is 24.9 Å². The second-order valence-electron chi connectivity index (χ2n) is 6.92. The van der Waals surface area contributed by atoms with Crippen molar-refractivity contribution >= 4 is 29.1 Å². The van der Waals surface area contributed by atoms with Gasteiger partial charge in [0.15, 0.2) is 0 Å². The number of carbonyl (C=O) groups excluding carboxylic acids is 2. The fourth-order valence-electron chi connectivity index (χ4n) is 3.41. The van der Waals surface area contributed by atoms with E-state index in [0.29, 0.717) is 24.5 Å². The zero-order chi connectivity index (χ0) is 18.7. The third kappa shape index (κ3) is 4.44. The molecule has 1 atom stereocenters. The molecular weight excluding hydrogens is 348 g/mol. The molecule has 4 nitrogen and oxygen atoms in total. The second-order valence-corrected chi connectivity index (χ2v) is 7.36. The van der Waals surface area contributed by atoms with Crippen molar-refractivity contribution in [1.29, 1.82) is 0 Å². The molecule has 1 saturated heterocycles. The van der Waals surface area contributed by atoms with Gasteiger partial charge in [-0.1, -0.05) is 29.8 Å². The van der Waals surface area contributed by atoms with Crippen molar-refractivity contribution in [1.82, 2.24) is 5.32 Å². The van der Waals surface area contributed by atoms with Gasteiger partial charge in [-0.25, -0.2) is 0 Å². The molecule has 3 rings (SSSR count). The SMILES string of the molecule is Cc1cc(C)cc(N2CC(C(=O)NCCc3cccc(Cl)c3)CC2=O)c1. The number of nitrogens with one attached hydrogen (secondary N) is 1. The summed E-state index contributed by atoms with van der Waals surface area (Å²) in [6.45, 7) is 4.99. The summed E-state index contributed by atoms with van der Waals surface area (Å²) in [6.07, 6.45) is 0.976. The monoisotopic (exact) mass is 370 g/mol. The van der Waals surface area contributed by atoms with Crippen LogP contribution < -0.4 is 10.2 Å². The Bertz CT molecular complexity index is 814. The Balaban J connectivity index is 1.56. The van der Waals surface area contributed by atoms with Gasteiger partial charge in [0.25, 0.3) is 0 Å². The molecule has 0 aliphatic carbocycles. The van der Waals surface area contributed by atoms with Crippen molar-refractivity contribution in [3.8, 4) is 0 Å². The number of benzene rings is 2. The number of halogens is 1. The van der Waals surface area contributed by atoms with Crippen molar-refractivity contribution in [3.05, 3.63) is 64.2 Å². The topological polar surface area (TPSA) is 49.4 Å². The fraction of sp³-hybridized carbons (Fsp3) is 0.333. The molecule has 0 bridgehead atoms. The van der Waals surface area contributed by atoms with Crippen LogP contribution in [0.5, 0.6) is 0 Å². The summed E-state index contributed by atoms with van der Waals surface area (Å²) < 4.78 is 0. The minimum atomic E-state index is -0.303. The molecule has 1 fully saturated rings. The molecular formula is C21H23ClN2O2. The van der Waals surface area contributed by atoms with Crippen molar-refractivity contribution in [2.75, 3.05) is 18.0 Å². The van der Waals surface area contributed by atoms with Crippen LogP contribution in [0.25, 0.3) is 0 Å². The highest BCUT2D eigenvalue weighted by molar-refractivity contribution is 6.30. The number of hydrogen-bond acceptors (Lipinski definition) is 2. The Kier molecular flexibility index (Phi) is 5.62. The first kappa shape index (κ1) is 18.5. The van der Waals surface area contributed by atoms with Crippen LogP contribution in [0, 0.1) is 19.8 Å². The van der Waals surface area contributed by atoms with E-state index in [-0.39, 0.29) is 24.2 Å². The average molecular weight is 371 g/mol. The van der Waals surface area contributed by atoms with Crippen LogP contribution in [0.2, 0.25) is 5.02 Å². The normalized spacial score (nSPS) is 16.8. The quantitative estimate of drug-likeness (QED) is 0.873. The van der Waals surface area contributed by atoms with Gasteiger partial charge in [0, 0.05) is 30.2 Å². The smallest absolute Gasteiger partial charge is 0.227 e. The number of rotatable bonds is 5. The van der Waals surface area contributed by atoms with Gasteiger partial charge < -0.3 is 10.2 Å². The molecule has 0 saturated carbocycles. The highest BCUT2D eigenvalue weighted by Gasteiger charge is 2.35. The number of nitrogens with zero attached hydrogens (tertiary/aromatic N) is 1. The van der Waals surface area contributed by atoms with Crippen molar-refractivity contribution in [2.24, 2.45) is 5.92 Å². The molecule has 1 N–H and O–H groups in total. The molecule has 1 aliphatic heterocycles. The third-order valence-corrected chi connectivity index (χ3v) is 4.85. The maximum Gasteiger partial charge on any atom is 0.227 e. The van der Waals surface area contributed by atoms with E-state index >= 15 is 0 Å². The zero-order valence-corrected chi connectivity index (χ0v) is 15.8. The summed E-state index contributed by atoms with van der Waals surface area (Å²) in [5.74, 6) is -0.361. The Hall–Kier alpha value is -2.33. The molecule has 5 heteroatoms. The van der Waals surface area contributed by atoms with Crippen LogP contribution in [0.1, 0.15) is 23.1 Å². The molecule has 1 aliphatic rings. The summed E-state index contributed by atoms with van der Waals surface area (Å²) in [7, 11) is 0. The summed E-state index contributed by atoms with van der Waals surface area (Å²) in [5.41, 5.74) is 4.18. The molecule has 26 heavy (non-hydrogen) atoms. The van der Waals surface area contributed by atoms with E-state index in [2.05, 4.69) is 11.4 Å². The maximum absolute atomic E-state index is 12.4. The second kappa shape index (κ2) is 7.92. The molecule has 1 unspecified atom stereocenters. The van der Waals surface area contributed by atoms with E-state index in [1.165, 1.54) is 0 Å². The molecule has 136 valence electrons. The van der Waals surface area contributed by atoms with E-state index in [1.807, 2.05) is 50.2 Å². The Morgan fingerprint density at radius 3 is 2.62 bits per heavy atom. The lowest BCUT2D eigenvalue weighted by Gasteiger charge is -2.18. The lowest BCUT2D eigenvalue weighted by atomic mass is 10.1. The van der Waals surface area contributed by atoms with Gasteiger partial charge in [-0.2, -0.15) is 0 Å². The van der Waals surface area contributed by atoms with Crippen LogP contribution in [-0.2, 0) is 16.0 Å². The Morgan fingerprint density at radius 1 is 1.19 bits per heavy atom. The number of anilines is 1. The molecule has 0 radical (unpaired) electrons. The summed E-state index contributed by atoms with van der Waals surface area (Å²) in [6, 6.07) is 13.7. The fourth-order valence-corrected chi connectivity index (χ4v) is 3.62. The summed E-state index contributed by atoms with van der Waals surface area (Å²) in [5, 5.41) is 3.64.